The number of phenols is 2. The number of rotatable bonds is 3. The monoisotopic (exact) mass is 410 g/mol. The van der Waals surface area contributed by atoms with Crippen LogP contribution in [0.2, 0.25) is 0 Å². The van der Waals surface area contributed by atoms with Crippen LogP contribution in [0.5, 0.6) is 23.0 Å². The fourth-order valence-electron chi connectivity index (χ4n) is 4.20. The quantitative estimate of drug-likeness (QED) is 0.637. The summed E-state index contributed by atoms with van der Waals surface area (Å²) in [5, 5.41) is 31.5. The van der Waals surface area contributed by atoms with Crippen LogP contribution in [0.15, 0.2) is 35.9 Å². The molecule has 0 amide bonds. The van der Waals surface area contributed by atoms with Gasteiger partial charge in [0.25, 0.3) is 0 Å². The minimum Gasteiger partial charge on any atom is -0.508 e. The lowest BCUT2D eigenvalue weighted by atomic mass is 9.85. The average Bonchev–Trinajstić information content (AvgIpc) is 2.68. The molecule has 5 nitrogen and oxygen atoms in total. The summed E-state index contributed by atoms with van der Waals surface area (Å²) in [6.07, 6.45) is 3.75. The van der Waals surface area contributed by atoms with Gasteiger partial charge in [0.1, 0.15) is 23.2 Å². The Labute approximate surface area is 177 Å². The third kappa shape index (κ3) is 3.74. The van der Waals surface area contributed by atoms with Crippen molar-refractivity contribution >= 4 is 0 Å². The van der Waals surface area contributed by atoms with E-state index in [2.05, 4.69) is 6.08 Å². The summed E-state index contributed by atoms with van der Waals surface area (Å²) in [7, 11) is 0. The Kier molecular flexibility index (Phi) is 5.18. The van der Waals surface area contributed by atoms with E-state index in [4.69, 9.17) is 9.47 Å². The molecule has 0 radical (unpaired) electrons. The molecule has 0 spiro atoms. The molecule has 0 aliphatic carbocycles. The van der Waals surface area contributed by atoms with E-state index in [-0.39, 0.29) is 17.6 Å². The van der Waals surface area contributed by atoms with E-state index in [9.17, 15) is 15.3 Å². The molecule has 3 N–H and O–H groups in total. The fraction of sp³-hybridized carbons (Fsp3) is 0.440. The van der Waals surface area contributed by atoms with Crippen LogP contribution < -0.4 is 9.47 Å². The third-order valence-electron chi connectivity index (χ3n) is 6.11. The Morgan fingerprint density at radius 1 is 1.17 bits per heavy atom. The van der Waals surface area contributed by atoms with Crippen molar-refractivity contribution in [2.45, 2.75) is 71.2 Å². The van der Waals surface area contributed by atoms with E-state index in [1.807, 2.05) is 39.8 Å². The van der Waals surface area contributed by atoms with Crippen molar-refractivity contribution in [3.05, 3.63) is 58.2 Å². The lowest BCUT2D eigenvalue weighted by Crippen LogP contribution is -2.46. The van der Waals surface area contributed by atoms with Crippen LogP contribution in [-0.2, 0) is 19.3 Å². The van der Waals surface area contributed by atoms with Gasteiger partial charge in [-0.1, -0.05) is 17.7 Å². The van der Waals surface area contributed by atoms with E-state index in [0.717, 1.165) is 40.7 Å². The lowest BCUT2D eigenvalue weighted by Gasteiger charge is -2.38. The maximum atomic E-state index is 11.2. The summed E-state index contributed by atoms with van der Waals surface area (Å²) >= 11 is 0. The number of allylic oxidation sites excluding steroid dienone is 2. The number of phenolic OH excluding ortho intramolecular Hbond substituents is 2. The normalized spacial score (nSPS) is 21.6. The zero-order valence-electron chi connectivity index (χ0n) is 18.0. The van der Waals surface area contributed by atoms with Gasteiger partial charge in [-0.3, -0.25) is 0 Å². The van der Waals surface area contributed by atoms with Crippen LogP contribution in [0.3, 0.4) is 0 Å². The highest BCUT2D eigenvalue weighted by atomic mass is 16.5. The highest BCUT2D eigenvalue weighted by Crippen LogP contribution is 2.47. The van der Waals surface area contributed by atoms with E-state index < -0.39 is 11.7 Å². The van der Waals surface area contributed by atoms with Gasteiger partial charge >= 0.3 is 0 Å². The van der Waals surface area contributed by atoms with Crippen molar-refractivity contribution in [1.29, 1.82) is 0 Å². The lowest BCUT2D eigenvalue weighted by molar-refractivity contribution is -0.0427. The number of aryl methyl sites for hydroxylation is 1. The van der Waals surface area contributed by atoms with Gasteiger partial charge in [0.2, 0.25) is 0 Å². The number of ether oxygens (including phenoxy) is 2. The Morgan fingerprint density at radius 3 is 2.67 bits per heavy atom. The van der Waals surface area contributed by atoms with Gasteiger partial charge in [0.05, 0.1) is 6.10 Å². The van der Waals surface area contributed by atoms with Crippen molar-refractivity contribution in [3.8, 4) is 23.0 Å². The summed E-state index contributed by atoms with van der Waals surface area (Å²) < 4.78 is 12.3. The molecule has 2 aromatic rings. The first-order valence-electron chi connectivity index (χ1n) is 10.5. The molecular weight excluding hydrogens is 380 g/mol. The number of aromatic hydroxyl groups is 2. The standard InChI is InChI=1S/C25H30O5/c1-14(2)5-9-18-19(20-10-7-15-6-8-17(26)13-21(15)29-20)11-16-12-22(27)25(3,4)30-24(16)23(18)28/h5-6,8,11,13,20,22,26-28H,7,9-10,12H2,1-4H3/t20-,22+/m1/s1. The highest BCUT2D eigenvalue weighted by Gasteiger charge is 2.39. The number of fused-ring (bicyclic) bond motifs is 2. The minimum atomic E-state index is -0.766. The minimum absolute atomic E-state index is 0.130. The second-order valence-electron chi connectivity index (χ2n) is 9.13. The first-order chi connectivity index (χ1) is 14.2. The Bertz CT molecular complexity index is 1000. The zero-order chi connectivity index (χ0) is 21.6. The molecule has 0 saturated carbocycles. The van der Waals surface area contributed by atoms with Crippen molar-refractivity contribution in [2.75, 3.05) is 0 Å². The molecule has 4 rings (SSSR count). The van der Waals surface area contributed by atoms with Gasteiger partial charge in [-0.05, 0) is 64.7 Å². The third-order valence-corrected chi connectivity index (χ3v) is 6.11. The van der Waals surface area contributed by atoms with E-state index in [1.54, 1.807) is 12.1 Å². The Hall–Kier alpha value is -2.66. The molecule has 0 saturated heterocycles. The molecule has 2 heterocycles. The number of aliphatic hydroxyl groups is 1. The Balaban J connectivity index is 1.80. The zero-order valence-corrected chi connectivity index (χ0v) is 18.0. The molecule has 0 bridgehead atoms. The smallest absolute Gasteiger partial charge is 0.165 e. The van der Waals surface area contributed by atoms with Crippen LogP contribution in [0.25, 0.3) is 0 Å². The molecule has 2 aromatic carbocycles. The van der Waals surface area contributed by atoms with Crippen LogP contribution in [0, 0.1) is 0 Å². The second kappa shape index (κ2) is 7.55. The van der Waals surface area contributed by atoms with Gasteiger partial charge in [-0.15, -0.1) is 0 Å². The molecule has 160 valence electrons. The van der Waals surface area contributed by atoms with Gasteiger partial charge in [0.15, 0.2) is 11.5 Å². The van der Waals surface area contributed by atoms with Crippen LogP contribution >= 0.6 is 0 Å². The van der Waals surface area contributed by atoms with Crippen molar-refractivity contribution < 1.29 is 24.8 Å². The number of aliphatic hydroxyl groups excluding tert-OH is 1. The number of hydrogen-bond acceptors (Lipinski definition) is 5. The largest absolute Gasteiger partial charge is 0.508 e. The number of benzene rings is 2. The highest BCUT2D eigenvalue weighted by molar-refractivity contribution is 5.58. The van der Waals surface area contributed by atoms with Crippen molar-refractivity contribution in [2.24, 2.45) is 0 Å². The number of hydrogen-bond donors (Lipinski definition) is 3. The van der Waals surface area contributed by atoms with E-state index in [0.29, 0.717) is 24.3 Å². The van der Waals surface area contributed by atoms with Gasteiger partial charge in [0, 0.05) is 29.2 Å². The predicted molar refractivity (Wildman–Crippen MR) is 115 cm³/mol. The molecule has 2 aliphatic rings. The maximum absolute atomic E-state index is 11.2. The Morgan fingerprint density at radius 2 is 1.93 bits per heavy atom. The SMILES string of the molecule is CC(C)=CCc1c([C@H]2CCc3ccc(O)cc3O2)cc2c(c1O)OC(C)(C)[C@@H](O)C2. The molecule has 30 heavy (non-hydrogen) atoms. The maximum Gasteiger partial charge on any atom is 0.165 e. The van der Waals surface area contributed by atoms with Gasteiger partial charge in [-0.2, -0.15) is 0 Å². The van der Waals surface area contributed by atoms with Gasteiger partial charge in [-0.25, -0.2) is 0 Å². The first kappa shape index (κ1) is 20.6. The van der Waals surface area contributed by atoms with Crippen LogP contribution in [-0.4, -0.2) is 27.0 Å². The summed E-state index contributed by atoms with van der Waals surface area (Å²) in [5.74, 6) is 1.44. The van der Waals surface area contributed by atoms with E-state index in [1.165, 1.54) is 0 Å². The van der Waals surface area contributed by atoms with Crippen molar-refractivity contribution in [1.82, 2.24) is 0 Å². The predicted octanol–water partition coefficient (Wildman–Crippen LogP) is 4.75. The topological polar surface area (TPSA) is 79.2 Å². The van der Waals surface area contributed by atoms with Crippen molar-refractivity contribution in [3.63, 3.8) is 0 Å². The van der Waals surface area contributed by atoms with Crippen LogP contribution in [0.1, 0.15) is 62.5 Å². The molecular formula is C25H30O5. The molecule has 0 unspecified atom stereocenters. The molecule has 5 heteroatoms. The first-order valence-corrected chi connectivity index (χ1v) is 10.5. The molecule has 0 aromatic heterocycles. The second-order valence-corrected chi connectivity index (χ2v) is 9.13. The average molecular weight is 411 g/mol. The molecule has 2 atom stereocenters. The van der Waals surface area contributed by atoms with E-state index >= 15 is 0 Å². The summed E-state index contributed by atoms with van der Waals surface area (Å²) in [4.78, 5) is 0. The van der Waals surface area contributed by atoms with Crippen LogP contribution in [0.4, 0.5) is 0 Å². The molecule has 0 fully saturated rings. The summed E-state index contributed by atoms with van der Waals surface area (Å²) in [5.41, 5.74) is 3.95. The molecule has 2 aliphatic heterocycles. The van der Waals surface area contributed by atoms with Gasteiger partial charge < -0.3 is 24.8 Å². The fourth-order valence-corrected chi connectivity index (χ4v) is 4.20. The summed E-state index contributed by atoms with van der Waals surface area (Å²) in [6, 6.07) is 7.22. The summed E-state index contributed by atoms with van der Waals surface area (Å²) in [6.45, 7) is 7.72.